The number of hydrogen-bond donors (Lipinski definition) is 0. The highest BCUT2D eigenvalue weighted by Gasteiger charge is 2.18. The van der Waals surface area contributed by atoms with Crippen molar-refractivity contribution in [2.45, 2.75) is 19.0 Å². The molecule has 4 aromatic rings. The van der Waals surface area contributed by atoms with Crippen molar-refractivity contribution in [1.82, 2.24) is 19.3 Å². The number of aryl methyl sites for hydroxylation is 1. The Hall–Kier alpha value is -3.65. The summed E-state index contributed by atoms with van der Waals surface area (Å²) in [5, 5.41) is 8.82. The number of ether oxygens (including phenoxy) is 1. The number of carbonyl (C=O) groups is 2. The molecule has 2 aromatic heterocycles. The van der Waals surface area contributed by atoms with Gasteiger partial charge in [-0.2, -0.15) is 0 Å². The maximum atomic E-state index is 13.0. The van der Waals surface area contributed by atoms with Gasteiger partial charge in [0.05, 0.1) is 18.4 Å². The largest absolute Gasteiger partial charge is 0.465 e. The lowest BCUT2D eigenvalue weighted by Crippen LogP contribution is -2.07. The molecule has 0 unspecified atom stereocenters. The van der Waals surface area contributed by atoms with Gasteiger partial charge < -0.3 is 9.30 Å². The normalized spacial score (nSPS) is 10.8. The second-order valence-electron chi connectivity index (χ2n) is 7.19. The van der Waals surface area contributed by atoms with Crippen LogP contribution in [0.15, 0.2) is 72.1 Å². The number of aromatic nitrogens is 4. The van der Waals surface area contributed by atoms with Crippen molar-refractivity contribution in [3.05, 3.63) is 89.5 Å². The van der Waals surface area contributed by atoms with Crippen LogP contribution in [-0.2, 0) is 4.74 Å². The van der Waals surface area contributed by atoms with Crippen LogP contribution in [0, 0.1) is 13.8 Å². The van der Waals surface area contributed by atoms with Gasteiger partial charge >= 0.3 is 5.97 Å². The Morgan fingerprint density at radius 2 is 1.72 bits per heavy atom. The molecule has 0 aliphatic rings. The molecule has 0 bridgehead atoms. The number of ketones is 1. The van der Waals surface area contributed by atoms with Gasteiger partial charge in [-0.3, -0.25) is 9.36 Å². The zero-order valence-corrected chi connectivity index (χ0v) is 18.8. The monoisotopic (exact) mass is 446 g/mol. The van der Waals surface area contributed by atoms with Crippen molar-refractivity contribution < 1.29 is 14.3 Å². The van der Waals surface area contributed by atoms with Crippen molar-refractivity contribution in [3.8, 4) is 11.4 Å². The van der Waals surface area contributed by atoms with Gasteiger partial charge in [-0.15, -0.1) is 10.2 Å². The molecule has 0 amide bonds. The molecule has 0 atom stereocenters. The Balaban J connectivity index is 1.53. The van der Waals surface area contributed by atoms with E-state index in [-0.39, 0.29) is 17.5 Å². The highest BCUT2D eigenvalue weighted by molar-refractivity contribution is 7.99. The molecule has 0 aliphatic heterocycles. The summed E-state index contributed by atoms with van der Waals surface area (Å²) in [6.45, 7) is 3.88. The quantitative estimate of drug-likeness (QED) is 0.237. The number of hydrogen-bond acceptors (Lipinski definition) is 6. The first kappa shape index (κ1) is 21.6. The Labute approximate surface area is 190 Å². The van der Waals surface area contributed by atoms with Gasteiger partial charge in [0.2, 0.25) is 0 Å². The van der Waals surface area contributed by atoms with E-state index in [0.717, 1.165) is 22.8 Å². The molecule has 162 valence electrons. The average Bonchev–Trinajstić information content (AvgIpc) is 3.41. The van der Waals surface area contributed by atoms with Crippen LogP contribution >= 0.6 is 11.8 Å². The van der Waals surface area contributed by atoms with Gasteiger partial charge in [0.15, 0.2) is 10.9 Å². The minimum absolute atomic E-state index is 0.0168. The van der Waals surface area contributed by atoms with Gasteiger partial charge in [-0.25, -0.2) is 4.79 Å². The van der Waals surface area contributed by atoms with E-state index in [1.165, 1.54) is 18.9 Å². The van der Waals surface area contributed by atoms with Crippen LogP contribution in [0.4, 0.5) is 0 Å². The molecule has 0 fully saturated rings. The number of nitrogens with zero attached hydrogens (tertiary/aromatic N) is 4. The Kier molecular flexibility index (Phi) is 6.23. The molecule has 32 heavy (non-hydrogen) atoms. The van der Waals surface area contributed by atoms with Crippen molar-refractivity contribution in [1.29, 1.82) is 0 Å². The minimum atomic E-state index is -0.381. The summed E-state index contributed by atoms with van der Waals surface area (Å²) in [5.74, 6) is -0.117. The smallest absolute Gasteiger partial charge is 0.337 e. The van der Waals surface area contributed by atoms with Crippen LogP contribution in [0.3, 0.4) is 0 Å². The van der Waals surface area contributed by atoms with Crippen molar-refractivity contribution >= 4 is 23.5 Å². The molecule has 4 rings (SSSR count). The van der Waals surface area contributed by atoms with Crippen LogP contribution < -0.4 is 0 Å². The van der Waals surface area contributed by atoms with Gasteiger partial charge in [0.25, 0.3) is 0 Å². The molecular formula is C24H22N4O3S. The molecular weight excluding hydrogens is 424 g/mol. The van der Waals surface area contributed by atoms with Crippen molar-refractivity contribution in [2.75, 3.05) is 12.9 Å². The number of methoxy groups -OCH3 is 1. The van der Waals surface area contributed by atoms with Gasteiger partial charge in [0, 0.05) is 28.3 Å². The summed E-state index contributed by atoms with van der Waals surface area (Å²) in [5.41, 5.74) is 4.76. The summed E-state index contributed by atoms with van der Waals surface area (Å²) < 4.78 is 8.63. The Morgan fingerprint density at radius 1 is 1.00 bits per heavy atom. The first-order valence-corrected chi connectivity index (χ1v) is 11.0. The van der Waals surface area contributed by atoms with E-state index in [9.17, 15) is 9.59 Å². The SMILES string of the molecule is COC(=O)c1ccc(-n2c(C)cc(C(=O)CSc3nncn3-c3ccccc3)c2C)cc1. The van der Waals surface area contributed by atoms with Crippen molar-refractivity contribution in [3.63, 3.8) is 0 Å². The van der Waals surface area contributed by atoms with Gasteiger partial charge in [0.1, 0.15) is 6.33 Å². The maximum absolute atomic E-state index is 13.0. The molecule has 7 nitrogen and oxygen atoms in total. The zero-order valence-electron chi connectivity index (χ0n) is 18.0. The molecule has 2 aromatic carbocycles. The summed E-state index contributed by atoms with van der Waals surface area (Å²) in [6.07, 6.45) is 1.64. The molecule has 0 saturated carbocycles. The van der Waals surface area contributed by atoms with Crippen LogP contribution in [0.2, 0.25) is 0 Å². The fraction of sp³-hybridized carbons (Fsp3) is 0.167. The summed E-state index contributed by atoms with van der Waals surface area (Å²) in [4.78, 5) is 24.7. The number of rotatable bonds is 7. The van der Waals surface area contributed by atoms with Gasteiger partial charge in [-0.1, -0.05) is 30.0 Å². The third-order valence-electron chi connectivity index (χ3n) is 5.16. The molecule has 0 saturated heterocycles. The Morgan fingerprint density at radius 3 is 2.41 bits per heavy atom. The second-order valence-corrected chi connectivity index (χ2v) is 8.13. The molecule has 0 aliphatic carbocycles. The summed E-state index contributed by atoms with van der Waals surface area (Å²) >= 11 is 1.36. The van der Waals surface area contributed by atoms with E-state index in [4.69, 9.17) is 4.74 Å². The fourth-order valence-corrected chi connectivity index (χ4v) is 4.42. The molecule has 8 heteroatoms. The zero-order chi connectivity index (χ0) is 22.7. The molecule has 2 heterocycles. The van der Waals surface area contributed by atoms with Crippen LogP contribution in [-0.4, -0.2) is 43.9 Å². The highest BCUT2D eigenvalue weighted by atomic mass is 32.2. The second kappa shape index (κ2) is 9.23. The third kappa shape index (κ3) is 4.22. The number of benzene rings is 2. The molecule has 0 radical (unpaired) electrons. The summed E-state index contributed by atoms with van der Waals surface area (Å²) in [7, 11) is 1.36. The maximum Gasteiger partial charge on any atom is 0.337 e. The van der Waals surface area contributed by atoms with Crippen molar-refractivity contribution in [2.24, 2.45) is 0 Å². The first-order valence-electron chi connectivity index (χ1n) is 9.98. The number of esters is 1. The van der Waals surface area contributed by atoms with Crippen LogP contribution in [0.5, 0.6) is 0 Å². The number of carbonyl (C=O) groups excluding carboxylic acids is 2. The van der Waals surface area contributed by atoms with E-state index in [2.05, 4.69) is 10.2 Å². The number of thioether (sulfide) groups is 1. The highest BCUT2D eigenvalue weighted by Crippen LogP contribution is 2.25. The standard InChI is InChI=1S/C24H22N4O3S/c1-16-13-21(17(2)28(16)20-11-9-18(10-12-20)23(30)31-3)22(29)14-32-24-26-25-15-27(24)19-7-5-4-6-8-19/h4-13,15H,14H2,1-3H3. The minimum Gasteiger partial charge on any atom is -0.465 e. The number of Topliss-reactive ketones (excluding diaryl/α,β-unsaturated/α-hetero) is 1. The van der Waals surface area contributed by atoms with E-state index >= 15 is 0 Å². The van der Waals surface area contributed by atoms with E-state index < -0.39 is 0 Å². The number of para-hydroxylation sites is 1. The van der Waals surface area contributed by atoms with E-state index in [1.54, 1.807) is 18.5 Å². The topological polar surface area (TPSA) is 79.0 Å². The molecule has 0 N–H and O–H groups in total. The predicted molar refractivity (Wildman–Crippen MR) is 123 cm³/mol. The first-order chi connectivity index (χ1) is 15.5. The van der Waals surface area contributed by atoms with Crippen LogP contribution in [0.25, 0.3) is 11.4 Å². The third-order valence-corrected chi connectivity index (χ3v) is 6.10. The lowest BCUT2D eigenvalue weighted by molar-refractivity contribution is 0.0600. The molecule has 0 spiro atoms. The Bertz CT molecular complexity index is 1260. The average molecular weight is 447 g/mol. The van der Waals surface area contributed by atoms with E-state index in [0.29, 0.717) is 16.3 Å². The lowest BCUT2D eigenvalue weighted by Gasteiger charge is -2.10. The van der Waals surface area contributed by atoms with Gasteiger partial charge in [-0.05, 0) is 56.3 Å². The van der Waals surface area contributed by atoms with Crippen LogP contribution in [0.1, 0.15) is 32.1 Å². The lowest BCUT2D eigenvalue weighted by atomic mass is 10.2. The van der Waals surface area contributed by atoms with E-state index in [1.807, 2.05) is 71.5 Å². The summed E-state index contributed by atoms with van der Waals surface area (Å²) in [6, 6.07) is 18.8. The predicted octanol–water partition coefficient (Wildman–Crippen LogP) is 4.44. The fourth-order valence-electron chi connectivity index (χ4n) is 3.60.